The summed E-state index contributed by atoms with van der Waals surface area (Å²) in [5.41, 5.74) is 2.39. The quantitative estimate of drug-likeness (QED) is 0.803. The van der Waals surface area contributed by atoms with E-state index in [0.717, 1.165) is 57.4 Å². The molecule has 2 fully saturated rings. The van der Waals surface area contributed by atoms with Crippen molar-refractivity contribution in [2.45, 2.75) is 45.1 Å². The van der Waals surface area contributed by atoms with Gasteiger partial charge in [-0.1, -0.05) is 37.1 Å². The predicted octanol–water partition coefficient (Wildman–Crippen LogP) is 4.13. The lowest BCUT2D eigenvalue weighted by Gasteiger charge is -2.38. The molecule has 0 N–H and O–H groups in total. The molecule has 3 rings (SSSR count). The van der Waals surface area contributed by atoms with Gasteiger partial charge in [-0.3, -0.25) is 9.69 Å². The van der Waals surface area contributed by atoms with Crippen LogP contribution in [-0.4, -0.2) is 47.9 Å². The van der Waals surface area contributed by atoms with Crippen molar-refractivity contribution in [2.75, 3.05) is 26.2 Å². The Morgan fingerprint density at radius 2 is 1.84 bits per heavy atom. The summed E-state index contributed by atoms with van der Waals surface area (Å²) < 4.78 is 13.0. The molecule has 0 aromatic heterocycles. The standard InChI is InChI=1S/C20H27FN2O.ClH/c1-2-22-12-4-3-5-19(22)20(24)23-13-10-17(11-14-23)15-16-6-8-18(21)9-7-16;/h6-9,15,19H,2-5,10-14H2,1H3;1H. The zero-order chi connectivity index (χ0) is 16.9. The first kappa shape index (κ1) is 19.9. The molecule has 0 bridgehead atoms. The van der Waals surface area contributed by atoms with Gasteiger partial charge in [0, 0.05) is 13.1 Å². The number of amides is 1. The van der Waals surface area contributed by atoms with Gasteiger partial charge >= 0.3 is 0 Å². The zero-order valence-corrected chi connectivity index (χ0v) is 15.7. The number of rotatable bonds is 3. The number of halogens is 2. The molecule has 25 heavy (non-hydrogen) atoms. The van der Waals surface area contributed by atoms with Gasteiger partial charge in [0.2, 0.25) is 5.91 Å². The van der Waals surface area contributed by atoms with Crippen molar-refractivity contribution in [3.8, 4) is 0 Å². The molecule has 1 aromatic carbocycles. The van der Waals surface area contributed by atoms with E-state index >= 15 is 0 Å². The summed E-state index contributed by atoms with van der Waals surface area (Å²) >= 11 is 0. The Balaban J connectivity index is 0.00000225. The van der Waals surface area contributed by atoms with Crippen molar-refractivity contribution in [1.82, 2.24) is 9.80 Å². The first-order valence-corrected chi connectivity index (χ1v) is 9.15. The van der Waals surface area contributed by atoms with Crippen molar-refractivity contribution in [3.63, 3.8) is 0 Å². The summed E-state index contributed by atoms with van der Waals surface area (Å²) in [7, 11) is 0. The molecule has 1 unspecified atom stereocenters. The fraction of sp³-hybridized carbons (Fsp3) is 0.550. The van der Waals surface area contributed by atoms with Crippen LogP contribution in [0.15, 0.2) is 29.8 Å². The van der Waals surface area contributed by atoms with Crippen molar-refractivity contribution in [1.29, 1.82) is 0 Å². The number of likely N-dealkylation sites (tertiary alicyclic amines) is 2. The van der Waals surface area contributed by atoms with Crippen molar-refractivity contribution in [3.05, 3.63) is 41.2 Å². The van der Waals surface area contributed by atoms with Gasteiger partial charge in [0.05, 0.1) is 6.04 Å². The number of hydrogen-bond acceptors (Lipinski definition) is 2. The Morgan fingerprint density at radius 1 is 1.16 bits per heavy atom. The lowest BCUT2D eigenvalue weighted by molar-refractivity contribution is -0.138. The molecule has 138 valence electrons. The van der Waals surface area contributed by atoms with Gasteiger partial charge in [0.25, 0.3) is 0 Å². The molecule has 0 aliphatic carbocycles. The van der Waals surface area contributed by atoms with E-state index in [0.29, 0.717) is 5.91 Å². The van der Waals surface area contributed by atoms with Crippen LogP contribution >= 0.6 is 12.4 Å². The number of piperidine rings is 2. The van der Waals surface area contributed by atoms with Crippen LogP contribution in [0.4, 0.5) is 4.39 Å². The van der Waals surface area contributed by atoms with E-state index in [1.165, 1.54) is 24.1 Å². The molecule has 3 nitrogen and oxygen atoms in total. The minimum absolute atomic E-state index is 0. The van der Waals surface area contributed by atoms with Gasteiger partial charge in [0.1, 0.15) is 5.82 Å². The van der Waals surface area contributed by atoms with Crippen LogP contribution in [0.25, 0.3) is 6.08 Å². The lowest BCUT2D eigenvalue weighted by atomic mass is 9.97. The molecule has 2 heterocycles. The Labute approximate surface area is 156 Å². The van der Waals surface area contributed by atoms with Crippen LogP contribution in [0.2, 0.25) is 0 Å². The molecular weight excluding hydrogens is 339 g/mol. The molecule has 5 heteroatoms. The minimum Gasteiger partial charge on any atom is -0.341 e. The maximum Gasteiger partial charge on any atom is 0.239 e. The second-order valence-electron chi connectivity index (χ2n) is 6.82. The Kier molecular flexibility index (Phi) is 7.45. The summed E-state index contributed by atoms with van der Waals surface area (Å²) in [6, 6.07) is 6.69. The van der Waals surface area contributed by atoms with Crippen LogP contribution in [0, 0.1) is 5.82 Å². The van der Waals surface area contributed by atoms with E-state index in [-0.39, 0.29) is 24.3 Å². The van der Waals surface area contributed by atoms with E-state index < -0.39 is 0 Å². The largest absolute Gasteiger partial charge is 0.341 e. The molecule has 2 saturated heterocycles. The average molecular weight is 367 g/mol. The fourth-order valence-corrected chi connectivity index (χ4v) is 3.81. The second-order valence-corrected chi connectivity index (χ2v) is 6.82. The SMILES string of the molecule is CCN1CCCCC1C(=O)N1CCC(=Cc2ccc(F)cc2)CC1.Cl. The maximum atomic E-state index is 13.0. The number of likely N-dealkylation sites (N-methyl/N-ethyl adjacent to an activating group) is 1. The molecule has 0 saturated carbocycles. The van der Waals surface area contributed by atoms with Gasteiger partial charge in [-0.05, 0) is 56.5 Å². The highest BCUT2D eigenvalue weighted by atomic mass is 35.5. The number of nitrogens with zero attached hydrogens (tertiary/aromatic N) is 2. The highest BCUT2D eigenvalue weighted by molar-refractivity contribution is 5.85. The van der Waals surface area contributed by atoms with E-state index in [2.05, 4.69) is 17.9 Å². The third-order valence-corrected chi connectivity index (χ3v) is 5.26. The van der Waals surface area contributed by atoms with Gasteiger partial charge in [-0.25, -0.2) is 4.39 Å². The Bertz CT molecular complexity index is 592. The van der Waals surface area contributed by atoms with E-state index in [9.17, 15) is 9.18 Å². The normalized spacial score (nSPS) is 21.6. The smallest absolute Gasteiger partial charge is 0.239 e. The fourth-order valence-electron chi connectivity index (χ4n) is 3.81. The number of hydrogen-bond donors (Lipinski definition) is 0. The summed E-state index contributed by atoms with van der Waals surface area (Å²) in [6.45, 7) is 5.77. The molecular formula is C20H28ClFN2O. The monoisotopic (exact) mass is 366 g/mol. The Morgan fingerprint density at radius 3 is 2.48 bits per heavy atom. The molecule has 0 spiro atoms. The highest BCUT2D eigenvalue weighted by Gasteiger charge is 2.31. The van der Waals surface area contributed by atoms with Crippen molar-refractivity contribution in [2.24, 2.45) is 0 Å². The number of benzene rings is 1. The average Bonchev–Trinajstić information content (AvgIpc) is 2.63. The van der Waals surface area contributed by atoms with E-state index in [4.69, 9.17) is 0 Å². The molecule has 1 amide bonds. The molecule has 1 aromatic rings. The van der Waals surface area contributed by atoms with Crippen LogP contribution < -0.4 is 0 Å². The molecule has 1 atom stereocenters. The number of carbonyl (C=O) groups is 1. The van der Waals surface area contributed by atoms with Gasteiger partial charge in [-0.15, -0.1) is 12.4 Å². The van der Waals surface area contributed by atoms with Crippen LogP contribution in [0.1, 0.15) is 44.6 Å². The van der Waals surface area contributed by atoms with Crippen molar-refractivity contribution < 1.29 is 9.18 Å². The van der Waals surface area contributed by atoms with Crippen LogP contribution in [0.5, 0.6) is 0 Å². The summed E-state index contributed by atoms with van der Waals surface area (Å²) in [4.78, 5) is 17.2. The third-order valence-electron chi connectivity index (χ3n) is 5.26. The number of carbonyl (C=O) groups excluding carboxylic acids is 1. The third kappa shape index (κ3) is 5.05. The first-order valence-electron chi connectivity index (χ1n) is 9.15. The second kappa shape index (κ2) is 9.35. The van der Waals surface area contributed by atoms with Crippen LogP contribution in [-0.2, 0) is 4.79 Å². The molecule has 2 aliphatic rings. The topological polar surface area (TPSA) is 23.6 Å². The maximum absolute atomic E-state index is 13.0. The highest BCUT2D eigenvalue weighted by Crippen LogP contribution is 2.23. The zero-order valence-electron chi connectivity index (χ0n) is 14.9. The van der Waals surface area contributed by atoms with Gasteiger partial charge < -0.3 is 4.90 Å². The Hall–Kier alpha value is -1.39. The van der Waals surface area contributed by atoms with Gasteiger partial charge in [0.15, 0.2) is 0 Å². The molecule has 2 aliphatic heterocycles. The minimum atomic E-state index is -0.203. The van der Waals surface area contributed by atoms with E-state index in [1.807, 2.05) is 4.90 Å². The summed E-state index contributed by atoms with van der Waals surface area (Å²) in [5, 5.41) is 0. The van der Waals surface area contributed by atoms with E-state index in [1.54, 1.807) is 12.1 Å². The first-order chi connectivity index (χ1) is 11.7. The molecule has 0 radical (unpaired) electrons. The van der Waals surface area contributed by atoms with Crippen molar-refractivity contribution >= 4 is 24.4 Å². The van der Waals surface area contributed by atoms with Crippen LogP contribution in [0.3, 0.4) is 0 Å². The summed E-state index contributed by atoms with van der Waals surface area (Å²) in [6.07, 6.45) is 7.35. The summed E-state index contributed by atoms with van der Waals surface area (Å²) in [5.74, 6) is 0.114. The lowest BCUT2D eigenvalue weighted by Crippen LogP contribution is -2.52. The van der Waals surface area contributed by atoms with Gasteiger partial charge in [-0.2, -0.15) is 0 Å². The predicted molar refractivity (Wildman–Crippen MR) is 102 cm³/mol.